The van der Waals surface area contributed by atoms with E-state index >= 15 is 0 Å². The van der Waals surface area contributed by atoms with E-state index in [0.717, 1.165) is 12.2 Å². The van der Waals surface area contributed by atoms with E-state index in [9.17, 15) is 0 Å². The largest absolute Gasteiger partial charge is 0.367 e. The first-order chi connectivity index (χ1) is 7.36. The van der Waals surface area contributed by atoms with Crippen molar-refractivity contribution in [3.05, 3.63) is 18.2 Å². The van der Waals surface area contributed by atoms with Crippen LogP contribution in [0, 0.1) is 0 Å². The molecular weight excluding hydrogens is 202 g/mol. The highest BCUT2D eigenvalue weighted by Gasteiger charge is 2.47. The molecule has 4 nitrogen and oxygen atoms in total. The molecule has 0 saturated carbocycles. The van der Waals surface area contributed by atoms with E-state index < -0.39 is 0 Å². The number of aromatic nitrogens is 2. The van der Waals surface area contributed by atoms with Gasteiger partial charge in [-0.05, 0) is 34.1 Å². The minimum atomic E-state index is -0.173. The van der Waals surface area contributed by atoms with Crippen LogP contribution >= 0.6 is 0 Å². The van der Waals surface area contributed by atoms with Crippen LogP contribution in [0.15, 0.2) is 12.4 Å². The molecule has 1 aromatic heterocycles. The van der Waals surface area contributed by atoms with Gasteiger partial charge >= 0.3 is 0 Å². The summed E-state index contributed by atoms with van der Waals surface area (Å²) in [6.07, 6.45) is 4.80. The van der Waals surface area contributed by atoms with E-state index in [1.54, 1.807) is 0 Å². The van der Waals surface area contributed by atoms with E-state index in [4.69, 9.17) is 10.5 Å². The van der Waals surface area contributed by atoms with Crippen LogP contribution < -0.4 is 5.73 Å². The second kappa shape index (κ2) is 3.57. The maximum atomic E-state index is 6.08. The second-order valence-electron chi connectivity index (χ2n) is 5.64. The quantitative estimate of drug-likeness (QED) is 0.832. The van der Waals surface area contributed by atoms with Crippen molar-refractivity contribution in [1.82, 2.24) is 9.55 Å². The van der Waals surface area contributed by atoms with Crippen molar-refractivity contribution in [3.63, 3.8) is 0 Å². The molecule has 1 fully saturated rings. The van der Waals surface area contributed by atoms with E-state index in [1.807, 2.05) is 12.4 Å². The van der Waals surface area contributed by atoms with Gasteiger partial charge < -0.3 is 15.0 Å². The average molecular weight is 223 g/mol. The molecule has 90 valence electrons. The highest BCUT2D eigenvalue weighted by atomic mass is 16.5. The van der Waals surface area contributed by atoms with Gasteiger partial charge in [-0.3, -0.25) is 0 Å². The summed E-state index contributed by atoms with van der Waals surface area (Å²) >= 11 is 0. The van der Waals surface area contributed by atoms with Gasteiger partial charge in [0.1, 0.15) is 5.82 Å². The minimum Gasteiger partial charge on any atom is -0.367 e. The van der Waals surface area contributed by atoms with Crippen LogP contribution in [0.3, 0.4) is 0 Å². The van der Waals surface area contributed by atoms with E-state index in [2.05, 4.69) is 37.2 Å². The fourth-order valence-electron chi connectivity index (χ4n) is 2.75. The fourth-order valence-corrected chi connectivity index (χ4v) is 2.75. The van der Waals surface area contributed by atoms with Crippen LogP contribution in [0.2, 0.25) is 0 Å². The lowest BCUT2D eigenvalue weighted by Gasteiger charge is -2.28. The van der Waals surface area contributed by atoms with E-state index in [0.29, 0.717) is 12.6 Å². The third-order valence-corrected chi connectivity index (χ3v) is 3.29. The van der Waals surface area contributed by atoms with Gasteiger partial charge in [0, 0.05) is 12.4 Å². The molecule has 2 heterocycles. The number of imidazole rings is 1. The van der Waals surface area contributed by atoms with Crippen molar-refractivity contribution in [3.8, 4) is 0 Å². The number of hydrogen-bond donors (Lipinski definition) is 1. The summed E-state index contributed by atoms with van der Waals surface area (Å²) in [5, 5.41) is 0. The Morgan fingerprint density at radius 3 is 2.69 bits per heavy atom. The molecular formula is C12H21N3O. The number of nitrogens with zero attached hydrogens (tertiary/aromatic N) is 2. The molecule has 1 aromatic rings. The summed E-state index contributed by atoms with van der Waals surface area (Å²) in [6, 6.07) is 0.309. The van der Waals surface area contributed by atoms with Gasteiger partial charge in [0.2, 0.25) is 0 Å². The summed E-state index contributed by atoms with van der Waals surface area (Å²) in [5.74, 6) is 0.930. The molecule has 1 atom stereocenters. The Bertz CT molecular complexity index is 381. The van der Waals surface area contributed by atoms with Crippen LogP contribution in [0.1, 0.15) is 46.0 Å². The predicted octanol–water partition coefficient (Wildman–Crippen LogP) is 1.86. The van der Waals surface area contributed by atoms with Gasteiger partial charge in [-0.2, -0.15) is 0 Å². The van der Waals surface area contributed by atoms with Crippen molar-refractivity contribution in [1.29, 1.82) is 0 Å². The first kappa shape index (κ1) is 11.6. The monoisotopic (exact) mass is 223 g/mol. The van der Waals surface area contributed by atoms with Crippen molar-refractivity contribution in [2.24, 2.45) is 5.73 Å². The molecule has 16 heavy (non-hydrogen) atoms. The Morgan fingerprint density at radius 1 is 1.50 bits per heavy atom. The number of ether oxygens (including phenoxy) is 1. The van der Waals surface area contributed by atoms with Gasteiger partial charge in [0.15, 0.2) is 0 Å². The number of rotatable bonds is 2. The van der Waals surface area contributed by atoms with Crippen molar-refractivity contribution in [2.45, 2.75) is 57.9 Å². The lowest BCUT2D eigenvalue weighted by atomic mass is 9.94. The van der Waals surface area contributed by atoms with Gasteiger partial charge in [-0.1, -0.05) is 0 Å². The first-order valence-corrected chi connectivity index (χ1v) is 5.78. The summed E-state index contributed by atoms with van der Waals surface area (Å²) in [5.41, 5.74) is 5.44. The molecule has 1 unspecified atom stereocenters. The van der Waals surface area contributed by atoms with E-state index in [-0.39, 0.29) is 11.2 Å². The lowest BCUT2D eigenvalue weighted by molar-refractivity contribution is -0.0730. The maximum absolute atomic E-state index is 6.08. The topological polar surface area (TPSA) is 53.1 Å². The average Bonchev–Trinajstić information content (AvgIpc) is 2.66. The Balaban J connectivity index is 2.34. The Labute approximate surface area is 96.8 Å². The molecule has 0 amide bonds. The molecule has 0 bridgehead atoms. The van der Waals surface area contributed by atoms with Crippen molar-refractivity contribution >= 4 is 0 Å². The SMILES string of the molecule is CC1(C)CC(n2ccnc2CN)C(C)(C)O1. The van der Waals surface area contributed by atoms with E-state index in [1.165, 1.54) is 0 Å². The highest BCUT2D eigenvalue weighted by Crippen LogP contribution is 2.45. The molecule has 0 radical (unpaired) electrons. The van der Waals surface area contributed by atoms with Crippen LogP contribution in [-0.4, -0.2) is 20.8 Å². The molecule has 0 aliphatic carbocycles. The lowest BCUT2D eigenvalue weighted by Crippen LogP contribution is -2.31. The Kier molecular flexibility index (Phi) is 2.59. The van der Waals surface area contributed by atoms with Gasteiger partial charge in [-0.15, -0.1) is 0 Å². The summed E-state index contributed by atoms with van der Waals surface area (Å²) < 4.78 is 8.24. The van der Waals surface area contributed by atoms with Crippen LogP contribution in [0.5, 0.6) is 0 Å². The van der Waals surface area contributed by atoms with Crippen molar-refractivity contribution < 1.29 is 4.74 Å². The van der Waals surface area contributed by atoms with Gasteiger partial charge in [0.05, 0.1) is 23.8 Å². The zero-order valence-corrected chi connectivity index (χ0v) is 10.5. The second-order valence-corrected chi connectivity index (χ2v) is 5.64. The van der Waals surface area contributed by atoms with Crippen molar-refractivity contribution in [2.75, 3.05) is 0 Å². The first-order valence-electron chi connectivity index (χ1n) is 5.78. The Morgan fingerprint density at radius 2 is 2.19 bits per heavy atom. The Hall–Kier alpha value is -0.870. The zero-order valence-electron chi connectivity index (χ0n) is 10.5. The third-order valence-electron chi connectivity index (χ3n) is 3.29. The molecule has 1 saturated heterocycles. The predicted molar refractivity (Wildman–Crippen MR) is 63.0 cm³/mol. The molecule has 2 rings (SSSR count). The number of nitrogens with two attached hydrogens (primary N) is 1. The molecule has 4 heteroatoms. The molecule has 1 aliphatic heterocycles. The third kappa shape index (κ3) is 1.87. The molecule has 0 spiro atoms. The van der Waals surface area contributed by atoms with Crippen LogP contribution in [0.4, 0.5) is 0 Å². The molecule has 1 aliphatic rings. The minimum absolute atomic E-state index is 0.0791. The van der Waals surface area contributed by atoms with Crippen LogP contribution in [0.25, 0.3) is 0 Å². The van der Waals surface area contributed by atoms with Gasteiger partial charge in [-0.25, -0.2) is 4.98 Å². The highest BCUT2D eigenvalue weighted by molar-refractivity contribution is 5.04. The van der Waals surface area contributed by atoms with Crippen LogP contribution in [-0.2, 0) is 11.3 Å². The normalized spacial score (nSPS) is 27.2. The smallest absolute Gasteiger partial charge is 0.122 e. The standard InChI is InChI=1S/C12H21N3O/c1-11(2)7-9(12(3,4)16-11)15-6-5-14-10(15)8-13/h5-6,9H,7-8,13H2,1-4H3. The summed E-state index contributed by atoms with van der Waals surface area (Å²) in [7, 11) is 0. The number of hydrogen-bond acceptors (Lipinski definition) is 3. The molecule has 2 N–H and O–H groups in total. The summed E-state index contributed by atoms with van der Waals surface area (Å²) in [6.45, 7) is 9.00. The zero-order chi connectivity index (χ0) is 12.0. The maximum Gasteiger partial charge on any atom is 0.122 e. The van der Waals surface area contributed by atoms with Gasteiger partial charge in [0.25, 0.3) is 0 Å². The summed E-state index contributed by atoms with van der Waals surface area (Å²) in [4.78, 5) is 4.27. The fraction of sp³-hybridized carbons (Fsp3) is 0.750. The molecule has 0 aromatic carbocycles.